The van der Waals surface area contributed by atoms with Crippen LogP contribution < -0.4 is 9.04 Å². The Bertz CT molecular complexity index is 1180. The first-order valence-corrected chi connectivity index (χ1v) is 13.0. The Labute approximate surface area is 203 Å². The highest BCUT2D eigenvalue weighted by Crippen LogP contribution is 2.27. The van der Waals surface area contributed by atoms with Crippen molar-refractivity contribution in [2.75, 3.05) is 10.9 Å². The molecular formula is C28H33NO4S. The van der Waals surface area contributed by atoms with Gasteiger partial charge in [-0.25, -0.2) is 8.42 Å². The van der Waals surface area contributed by atoms with Gasteiger partial charge < -0.3 is 4.74 Å². The van der Waals surface area contributed by atoms with Crippen LogP contribution in [0.1, 0.15) is 51.7 Å². The molecule has 0 aliphatic heterocycles. The van der Waals surface area contributed by atoms with E-state index >= 15 is 0 Å². The molecule has 6 heteroatoms. The molecule has 0 aromatic heterocycles. The second-order valence-electron chi connectivity index (χ2n) is 9.31. The van der Waals surface area contributed by atoms with Gasteiger partial charge in [0, 0.05) is 0 Å². The third-order valence-corrected chi connectivity index (χ3v) is 7.34. The summed E-state index contributed by atoms with van der Waals surface area (Å²) in [4.78, 5) is 13.3. The van der Waals surface area contributed by atoms with Crippen LogP contribution in [-0.4, -0.2) is 20.9 Å². The Morgan fingerprint density at radius 1 is 0.882 bits per heavy atom. The van der Waals surface area contributed by atoms with Crippen LogP contribution in [0.5, 0.6) is 5.75 Å². The molecule has 0 bridgehead atoms. The van der Waals surface area contributed by atoms with E-state index in [1.807, 2.05) is 24.3 Å². The van der Waals surface area contributed by atoms with Crippen molar-refractivity contribution in [3.05, 3.63) is 90.0 Å². The summed E-state index contributed by atoms with van der Waals surface area (Å²) in [6, 6.07) is 22.6. The van der Waals surface area contributed by atoms with E-state index in [4.69, 9.17) is 4.74 Å². The number of rotatable bonds is 9. The third-order valence-electron chi connectivity index (χ3n) is 5.58. The van der Waals surface area contributed by atoms with Crippen molar-refractivity contribution in [2.24, 2.45) is 0 Å². The van der Waals surface area contributed by atoms with Gasteiger partial charge in [0.25, 0.3) is 15.9 Å². The molecule has 0 heterocycles. The van der Waals surface area contributed by atoms with Gasteiger partial charge in [0.05, 0.1) is 10.6 Å². The summed E-state index contributed by atoms with van der Waals surface area (Å²) < 4.78 is 33.4. The molecule has 0 unspecified atom stereocenters. The summed E-state index contributed by atoms with van der Waals surface area (Å²) >= 11 is 0. The van der Waals surface area contributed by atoms with Crippen LogP contribution in [-0.2, 0) is 26.7 Å². The second-order valence-corrected chi connectivity index (χ2v) is 11.1. The Hall–Kier alpha value is -3.12. The lowest BCUT2D eigenvalue weighted by atomic mass is 9.87. The van der Waals surface area contributed by atoms with E-state index < -0.39 is 22.5 Å². The molecular weight excluding hydrogens is 446 g/mol. The Kier molecular flexibility index (Phi) is 8.15. The quantitative estimate of drug-likeness (QED) is 0.370. The molecule has 34 heavy (non-hydrogen) atoms. The summed E-state index contributed by atoms with van der Waals surface area (Å²) in [6.45, 7) is 8.07. The van der Waals surface area contributed by atoms with Gasteiger partial charge in [-0.3, -0.25) is 4.79 Å². The maximum Gasteiger partial charge on any atom is 0.278 e. The second kappa shape index (κ2) is 10.9. The highest BCUT2D eigenvalue weighted by Gasteiger charge is 2.31. The first-order chi connectivity index (χ1) is 16.1. The minimum atomic E-state index is -4.11. The molecule has 5 nitrogen and oxygen atoms in total. The van der Waals surface area contributed by atoms with E-state index in [0.717, 1.165) is 34.7 Å². The molecule has 0 saturated heterocycles. The number of carbonyl (C=O) groups excluding carboxylic acids is 1. The fraction of sp³-hybridized carbons (Fsp3) is 0.321. The molecule has 3 rings (SSSR count). The summed E-state index contributed by atoms with van der Waals surface area (Å²) in [7, 11) is -4.11. The van der Waals surface area contributed by atoms with E-state index in [1.54, 1.807) is 42.5 Å². The summed E-state index contributed by atoms with van der Waals surface area (Å²) in [6.07, 6.45) is 3.03. The predicted molar refractivity (Wildman–Crippen MR) is 137 cm³/mol. The topological polar surface area (TPSA) is 63.7 Å². The molecule has 0 saturated carbocycles. The fourth-order valence-electron chi connectivity index (χ4n) is 3.55. The van der Waals surface area contributed by atoms with E-state index in [0.29, 0.717) is 11.4 Å². The number of carbonyl (C=O) groups is 1. The summed E-state index contributed by atoms with van der Waals surface area (Å²) in [5.41, 5.74) is 2.53. The molecule has 0 aliphatic rings. The largest absolute Gasteiger partial charge is 0.484 e. The van der Waals surface area contributed by atoms with Crippen LogP contribution >= 0.6 is 0 Å². The van der Waals surface area contributed by atoms with Crippen LogP contribution in [0.4, 0.5) is 5.69 Å². The number of hydrogen-bond donors (Lipinski definition) is 0. The number of nitrogens with zero attached hydrogens (tertiary/aromatic N) is 1. The van der Waals surface area contributed by atoms with Crippen LogP contribution in [0.2, 0.25) is 0 Å². The summed E-state index contributed by atoms with van der Waals surface area (Å²) in [5, 5.41) is 0. The lowest BCUT2D eigenvalue weighted by Gasteiger charge is -2.23. The molecule has 0 fully saturated rings. The maximum atomic E-state index is 13.4. The first kappa shape index (κ1) is 25.5. The lowest BCUT2D eigenvalue weighted by Crippen LogP contribution is -2.40. The van der Waals surface area contributed by atoms with Crippen molar-refractivity contribution >= 4 is 21.6 Å². The van der Waals surface area contributed by atoms with Gasteiger partial charge in [-0.2, -0.15) is 4.31 Å². The number of anilines is 1. The van der Waals surface area contributed by atoms with Crippen molar-refractivity contribution in [3.8, 4) is 5.75 Å². The van der Waals surface area contributed by atoms with Gasteiger partial charge in [-0.1, -0.05) is 76.6 Å². The zero-order chi connectivity index (χ0) is 24.8. The zero-order valence-corrected chi connectivity index (χ0v) is 21.1. The minimum Gasteiger partial charge on any atom is -0.484 e. The van der Waals surface area contributed by atoms with Crippen molar-refractivity contribution in [2.45, 2.75) is 57.3 Å². The van der Waals surface area contributed by atoms with Gasteiger partial charge in [0.2, 0.25) is 0 Å². The third kappa shape index (κ3) is 6.26. The molecule has 3 aromatic rings. The first-order valence-electron chi connectivity index (χ1n) is 11.6. The highest BCUT2D eigenvalue weighted by atomic mass is 32.2. The predicted octanol–water partition coefficient (Wildman–Crippen LogP) is 6.13. The molecule has 1 amide bonds. The van der Waals surface area contributed by atoms with Crippen LogP contribution in [0.25, 0.3) is 0 Å². The van der Waals surface area contributed by atoms with Crippen molar-refractivity contribution in [1.29, 1.82) is 0 Å². The number of sulfonamides is 1. The standard InChI is InChI=1S/C28H33NO4S/c1-5-6-10-22-13-17-24(18-14-22)29(34(31,32)26-11-8-7-9-12-26)27(30)21-33-25-19-15-23(16-20-25)28(2,3)4/h7-9,11-20H,5-6,10,21H2,1-4H3. The van der Waals surface area contributed by atoms with Gasteiger partial charge in [0.1, 0.15) is 5.75 Å². The van der Waals surface area contributed by atoms with E-state index in [-0.39, 0.29) is 10.3 Å². The monoisotopic (exact) mass is 479 g/mol. The van der Waals surface area contributed by atoms with Gasteiger partial charge in [-0.15, -0.1) is 0 Å². The Morgan fingerprint density at radius 2 is 1.50 bits per heavy atom. The van der Waals surface area contributed by atoms with Crippen molar-refractivity contribution in [3.63, 3.8) is 0 Å². The molecule has 3 aromatic carbocycles. The number of hydrogen-bond acceptors (Lipinski definition) is 4. The van der Waals surface area contributed by atoms with E-state index in [2.05, 4.69) is 27.7 Å². The number of amides is 1. The van der Waals surface area contributed by atoms with Crippen LogP contribution in [0.15, 0.2) is 83.8 Å². The minimum absolute atomic E-state index is 0.00178. The molecule has 0 atom stereocenters. The molecule has 0 radical (unpaired) electrons. The summed E-state index contributed by atoms with van der Waals surface area (Å²) in [5.74, 6) is -0.154. The SMILES string of the molecule is CCCCc1ccc(N(C(=O)COc2ccc(C(C)(C)C)cc2)S(=O)(=O)c2ccccc2)cc1. The maximum absolute atomic E-state index is 13.4. The highest BCUT2D eigenvalue weighted by molar-refractivity contribution is 7.93. The number of ether oxygens (including phenoxy) is 1. The molecule has 0 spiro atoms. The Balaban J connectivity index is 1.86. The van der Waals surface area contributed by atoms with Gasteiger partial charge in [-0.05, 0) is 65.8 Å². The molecule has 180 valence electrons. The molecule has 0 N–H and O–H groups in total. The molecule has 0 aliphatic carbocycles. The number of aryl methyl sites for hydroxylation is 1. The average Bonchev–Trinajstić information content (AvgIpc) is 2.82. The van der Waals surface area contributed by atoms with Crippen LogP contribution in [0, 0.1) is 0 Å². The lowest BCUT2D eigenvalue weighted by molar-refractivity contribution is -0.119. The van der Waals surface area contributed by atoms with Gasteiger partial charge in [0.15, 0.2) is 6.61 Å². The van der Waals surface area contributed by atoms with Crippen LogP contribution in [0.3, 0.4) is 0 Å². The average molecular weight is 480 g/mol. The Morgan fingerprint density at radius 3 is 2.06 bits per heavy atom. The zero-order valence-electron chi connectivity index (χ0n) is 20.3. The van der Waals surface area contributed by atoms with Crippen molar-refractivity contribution < 1.29 is 17.9 Å². The normalized spacial score (nSPS) is 11.8. The van der Waals surface area contributed by atoms with E-state index in [9.17, 15) is 13.2 Å². The fourth-order valence-corrected chi connectivity index (χ4v) is 4.98. The van der Waals surface area contributed by atoms with Gasteiger partial charge >= 0.3 is 0 Å². The number of benzene rings is 3. The smallest absolute Gasteiger partial charge is 0.278 e. The van der Waals surface area contributed by atoms with E-state index in [1.165, 1.54) is 12.1 Å². The number of unbranched alkanes of at least 4 members (excludes halogenated alkanes) is 1. The van der Waals surface area contributed by atoms with Crippen molar-refractivity contribution in [1.82, 2.24) is 0 Å².